The van der Waals surface area contributed by atoms with Crippen LogP contribution in [0.15, 0.2) is 0 Å². The van der Waals surface area contributed by atoms with Crippen molar-refractivity contribution in [3.05, 3.63) is 0 Å². The van der Waals surface area contributed by atoms with Crippen LogP contribution in [0.25, 0.3) is 0 Å². The van der Waals surface area contributed by atoms with Crippen LogP contribution in [0.4, 0.5) is 0 Å². The van der Waals surface area contributed by atoms with E-state index in [1.807, 2.05) is 0 Å². The molecule has 0 radical (unpaired) electrons. The first kappa shape index (κ1) is 18.3. The minimum Gasteiger partial charge on any atom is -0.468 e. The van der Waals surface area contributed by atoms with Gasteiger partial charge in [0.1, 0.15) is 0 Å². The standard InChI is InChI=1S/C9H18N2O3.2ClH/c1-14-9(13)8-11-4-2-10(3-5-11)6-7-12;;/h12H,2-8H2,1H3;2*1H. The summed E-state index contributed by atoms with van der Waals surface area (Å²) in [7, 11) is 1.41. The van der Waals surface area contributed by atoms with Crippen molar-refractivity contribution in [2.75, 3.05) is 53.0 Å². The SMILES string of the molecule is COC(=O)CN1CCN(CCO)CC1.Cl.Cl. The van der Waals surface area contributed by atoms with Crippen molar-refractivity contribution >= 4 is 30.8 Å². The fourth-order valence-corrected chi connectivity index (χ4v) is 1.56. The van der Waals surface area contributed by atoms with Gasteiger partial charge in [0.05, 0.1) is 20.3 Å². The second-order valence-electron chi connectivity index (χ2n) is 3.42. The molecular weight excluding hydrogens is 255 g/mol. The van der Waals surface area contributed by atoms with Crippen molar-refractivity contribution in [3.63, 3.8) is 0 Å². The predicted molar refractivity (Wildman–Crippen MR) is 66.5 cm³/mol. The summed E-state index contributed by atoms with van der Waals surface area (Å²) in [5.41, 5.74) is 0. The summed E-state index contributed by atoms with van der Waals surface area (Å²) in [6.45, 7) is 4.88. The lowest BCUT2D eigenvalue weighted by Gasteiger charge is -2.33. The van der Waals surface area contributed by atoms with E-state index in [1.54, 1.807) is 0 Å². The van der Waals surface area contributed by atoms with E-state index in [1.165, 1.54) is 7.11 Å². The van der Waals surface area contributed by atoms with E-state index in [2.05, 4.69) is 14.5 Å². The average molecular weight is 275 g/mol. The number of piperazine rings is 1. The number of carbonyl (C=O) groups is 1. The third-order valence-corrected chi connectivity index (χ3v) is 2.46. The van der Waals surface area contributed by atoms with E-state index in [-0.39, 0.29) is 37.4 Å². The maximum absolute atomic E-state index is 11.0. The number of hydrogen-bond donors (Lipinski definition) is 1. The van der Waals surface area contributed by atoms with E-state index in [4.69, 9.17) is 5.11 Å². The minimum absolute atomic E-state index is 0. The summed E-state index contributed by atoms with van der Waals surface area (Å²) in [6.07, 6.45) is 0. The topological polar surface area (TPSA) is 53.0 Å². The van der Waals surface area contributed by atoms with E-state index in [0.29, 0.717) is 6.54 Å². The van der Waals surface area contributed by atoms with Gasteiger partial charge in [-0.05, 0) is 0 Å². The van der Waals surface area contributed by atoms with Gasteiger partial charge < -0.3 is 9.84 Å². The number of esters is 1. The zero-order valence-electron chi connectivity index (χ0n) is 9.42. The van der Waals surface area contributed by atoms with Crippen molar-refractivity contribution in [3.8, 4) is 0 Å². The lowest BCUT2D eigenvalue weighted by molar-refractivity contribution is -0.142. The van der Waals surface area contributed by atoms with Crippen molar-refractivity contribution in [2.45, 2.75) is 0 Å². The second-order valence-corrected chi connectivity index (χ2v) is 3.42. The number of rotatable bonds is 4. The molecule has 1 aliphatic heterocycles. The summed E-state index contributed by atoms with van der Waals surface area (Å²) in [6, 6.07) is 0. The molecule has 1 heterocycles. The van der Waals surface area contributed by atoms with Crippen LogP contribution in [0.2, 0.25) is 0 Å². The Kier molecular flexibility index (Phi) is 11.6. The molecule has 7 heteroatoms. The molecule has 0 saturated carbocycles. The third kappa shape index (κ3) is 6.50. The van der Waals surface area contributed by atoms with E-state index >= 15 is 0 Å². The smallest absolute Gasteiger partial charge is 0.319 e. The van der Waals surface area contributed by atoms with Gasteiger partial charge in [0, 0.05) is 32.7 Å². The van der Waals surface area contributed by atoms with Gasteiger partial charge >= 0.3 is 5.97 Å². The summed E-state index contributed by atoms with van der Waals surface area (Å²) < 4.78 is 4.59. The minimum atomic E-state index is -0.180. The Hall–Kier alpha value is -0.0700. The summed E-state index contributed by atoms with van der Waals surface area (Å²) in [4.78, 5) is 15.2. The summed E-state index contributed by atoms with van der Waals surface area (Å²) in [5, 5.41) is 8.74. The fourth-order valence-electron chi connectivity index (χ4n) is 1.56. The van der Waals surface area contributed by atoms with Crippen LogP contribution >= 0.6 is 24.8 Å². The van der Waals surface area contributed by atoms with Crippen molar-refractivity contribution in [1.82, 2.24) is 9.80 Å². The molecule has 0 aromatic carbocycles. The van der Waals surface area contributed by atoms with Crippen LogP contribution in [0.5, 0.6) is 0 Å². The van der Waals surface area contributed by atoms with Gasteiger partial charge in [0.2, 0.25) is 0 Å². The van der Waals surface area contributed by atoms with E-state index < -0.39 is 0 Å². The number of aliphatic hydroxyl groups excluding tert-OH is 1. The second kappa shape index (κ2) is 10.1. The molecule has 98 valence electrons. The highest BCUT2D eigenvalue weighted by Gasteiger charge is 2.18. The molecule has 0 aromatic heterocycles. The van der Waals surface area contributed by atoms with Crippen LogP contribution in [0, 0.1) is 0 Å². The molecule has 1 fully saturated rings. The van der Waals surface area contributed by atoms with Gasteiger partial charge in [-0.2, -0.15) is 0 Å². The lowest BCUT2D eigenvalue weighted by Crippen LogP contribution is -2.48. The van der Waals surface area contributed by atoms with Crippen LogP contribution in [0.1, 0.15) is 0 Å². The Morgan fingerprint density at radius 2 is 1.69 bits per heavy atom. The molecule has 0 atom stereocenters. The lowest BCUT2D eigenvalue weighted by atomic mass is 10.3. The monoisotopic (exact) mass is 274 g/mol. The number of hydrogen-bond acceptors (Lipinski definition) is 5. The first-order valence-corrected chi connectivity index (χ1v) is 4.88. The molecule has 0 bridgehead atoms. The average Bonchev–Trinajstić information content (AvgIpc) is 2.21. The first-order chi connectivity index (χ1) is 6.76. The number of nitrogens with zero attached hydrogens (tertiary/aromatic N) is 2. The number of carbonyl (C=O) groups excluding carboxylic acids is 1. The van der Waals surface area contributed by atoms with E-state index in [9.17, 15) is 4.79 Å². The van der Waals surface area contributed by atoms with Crippen molar-refractivity contribution < 1.29 is 14.6 Å². The molecule has 1 saturated heterocycles. The molecule has 0 amide bonds. The number of methoxy groups -OCH3 is 1. The molecule has 1 rings (SSSR count). The van der Waals surface area contributed by atoms with Crippen LogP contribution in [0.3, 0.4) is 0 Å². The normalized spacial score (nSPS) is 17.1. The molecule has 0 aliphatic carbocycles. The van der Waals surface area contributed by atoms with Gasteiger partial charge in [0.25, 0.3) is 0 Å². The highest BCUT2D eigenvalue weighted by Crippen LogP contribution is 2.00. The van der Waals surface area contributed by atoms with E-state index in [0.717, 1.165) is 32.7 Å². The third-order valence-electron chi connectivity index (χ3n) is 2.46. The summed E-state index contributed by atoms with van der Waals surface area (Å²) >= 11 is 0. The maximum atomic E-state index is 11.0. The highest BCUT2D eigenvalue weighted by atomic mass is 35.5. The molecule has 1 N–H and O–H groups in total. The Labute approximate surface area is 109 Å². The van der Waals surface area contributed by atoms with Gasteiger partial charge in [-0.3, -0.25) is 14.6 Å². The van der Waals surface area contributed by atoms with Crippen LogP contribution in [-0.4, -0.2) is 73.9 Å². The van der Waals surface area contributed by atoms with Gasteiger partial charge in [0.15, 0.2) is 0 Å². The number of halogens is 2. The number of ether oxygens (including phenoxy) is 1. The zero-order valence-corrected chi connectivity index (χ0v) is 11.1. The van der Waals surface area contributed by atoms with Crippen LogP contribution < -0.4 is 0 Å². The van der Waals surface area contributed by atoms with Crippen LogP contribution in [-0.2, 0) is 9.53 Å². The molecule has 16 heavy (non-hydrogen) atoms. The molecule has 0 aromatic rings. The van der Waals surface area contributed by atoms with Gasteiger partial charge in [-0.25, -0.2) is 0 Å². The highest BCUT2D eigenvalue weighted by molar-refractivity contribution is 5.85. The van der Waals surface area contributed by atoms with Crippen molar-refractivity contribution in [1.29, 1.82) is 0 Å². The molecular formula is C9H20Cl2N2O3. The molecule has 5 nitrogen and oxygen atoms in total. The van der Waals surface area contributed by atoms with Crippen molar-refractivity contribution in [2.24, 2.45) is 0 Å². The molecule has 0 unspecified atom stereocenters. The Bertz CT molecular complexity index is 188. The summed E-state index contributed by atoms with van der Waals surface area (Å²) in [5.74, 6) is -0.180. The number of aliphatic hydroxyl groups is 1. The predicted octanol–water partition coefficient (Wildman–Crippen LogP) is -0.387. The molecule has 1 aliphatic rings. The Morgan fingerprint density at radius 3 is 2.12 bits per heavy atom. The Morgan fingerprint density at radius 1 is 1.19 bits per heavy atom. The first-order valence-electron chi connectivity index (χ1n) is 4.88. The van der Waals surface area contributed by atoms with Gasteiger partial charge in [-0.1, -0.05) is 0 Å². The largest absolute Gasteiger partial charge is 0.468 e. The number of β-amino-alcohol motifs (C(OH)–C–C–N with tert-alkyl or cyclic N) is 1. The fraction of sp³-hybridized carbons (Fsp3) is 0.889. The zero-order chi connectivity index (χ0) is 10.4. The Balaban J connectivity index is 0. The molecule has 0 spiro atoms. The quantitative estimate of drug-likeness (QED) is 0.708. The van der Waals surface area contributed by atoms with Gasteiger partial charge in [-0.15, -0.1) is 24.8 Å². The maximum Gasteiger partial charge on any atom is 0.319 e.